The monoisotopic (exact) mass is 278 g/mol. The molecule has 2 fully saturated rings. The fourth-order valence-electron chi connectivity index (χ4n) is 3.65. The molecule has 3 rings (SSSR count). The van der Waals surface area contributed by atoms with Crippen LogP contribution in [0.1, 0.15) is 39.5 Å². The summed E-state index contributed by atoms with van der Waals surface area (Å²) in [5, 5.41) is 31.3. The van der Waals surface area contributed by atoms with E-state index in [-0.39, 0.29) is 23.4 Å². The molecule has 1 aliphatic heterocycles. The third-order valence-corrected chi connectivity index (χ3v) is 4.93. The molecule has 3 N–H and O–H groups in total. The van der Waals surface area contributed by atoms with E-state index in [1.54, 1.807) is 0 Å². The zero-order chi connectivity index (χ0) is 14.7. The summed E-state index contributed by atoms with van der Waals surface area (Å²) in [4.78, 5) is 0. The van der Waals surface area contributed by atoms with Gasteiger partial charge in [0.2, 0.25) is 5.79 Å². The summed E-state index contributed by atoms with van der Waals surface area (Å²) < 4.78 is 5.55. The van der Waals surface area contributed by atoms with Crippen molar-refractivity contribution in [1.29, 1.82) is 0 Å². The van der Waals surface area contributed by atoms with Gasteiger partial charge in [0.1, 0.15) is 11.5 Å². The molecule has 0 aromatic rings. The molecule has 1 heterocycles. The Kier molecular flexibility index (Phi) is 2.82. The molecule has 4 heteroatoms. The third kappa shape index (κ3) is 1.55. The molecular weight excluding hydrogens is 256 g/mol. The van der Waals surface area contributed by atoms with E-state index in [9.17, 15) is 15.3 Å². The van der Waals surface area contributed by atoms with Crippen LogP contribution in [0.15, 0.2) is 35.3 Å². The standard InChI is InChI=1S/C16H22O4/c1-9(2)10(3)13-12(17)8-15(19)16(20-15,14(13)18)11-6-4-5-7-11/h8-9,11,17-19H,3-7H2,1-2H3. The van der Waals surface area contributed by atoms with Gasteiger partial charge in [-0.15, -0.1) is 0 Å². The third-order valence-electron chi connectivity index (χ3n) is 4.93. The van der Waals surface area contributed by atoms with Crippen molar-refractivity contribution < 1.29 is 20.1 Å². The van der Waals surface area contributed by atoms with E-state index in [0.29, 0.717) is 11.1 Å². The van der Waals surface area contributed by atoms with Gasteiger partial charge in [0.05, 0.1) is 5.57 Å². The lowest BCUT2D eigenvalue weighted by atomic mass is 9.77. The molecule has 0 radical (unpaired) electrons. The normalized spacial score (nSPS) is 37.1. The molecule has 3 aliphatic rings. The zero-order valence-electron chi connectivity index (χ0n) is 12.0. The SMILES string of the molecule is C=C(C1=C(O)C2(C3CCCC3)OC2(O)C=C1O)C(C)C. The summed E-state index contributed by atoms with van der Waals surface area (Å²) in [6.07, 6.45) is 5.31. The molecule has 110 valence electrons. The lowest BCUT2D eigenvalue weighted by Crippen LogP contribution is -2.37. The highest BCUT2D eigenvalue weighted by molar-refractivity contribution is 5.55. The first kappa shape index (κ1) is 13.7. The molecule has 2 atom stereocenters. The van der Waals surface area contributed by atoms with Crippen molar-refractivity contribution >= 4 is 0 Å². The quantitative estimate of drug-likeness (QED) is 0.693. The summed E-state index contributed by atoms with van der Waals surface area (Å²) in [5.74, 6) is -1.57. The molecule has 1 saturated heterocycles. The minimum Gasteiger partial charge on any atom is -0.508 e. The highest BCUT2D eigenvalue weighted by Crippen LogP contribution is 2.63. The fraction of sp³-hybridized carbons (Fsp3) is 0.625. The Morgan fingerprint density at radius 3 is 2.50 bits per heavy atom. The van der Waals surface area contributed by atoms with Crippen LogP contribution in [-0.4, -0.2) is 26.7 Å². The van der Waals surface area contributed by atoms with Gasteiger partial charge in [0.15, 0.2) is 5.60 Å². The van der Waals surface area contributed by atoms with E-state index in [4.69, 9.17) is 4.74 Å². The number of hydrogen-bond donors (Lipinski definition) is 3. The van der Waals surface area contributed by atoms with Crippen LogP contribution < -0.4 is 0 Å². The Hall–Kier alpha value is -1.26. The molecule has 0 aromatic carbocycles. The van der Waals surface area contributed by atoms with Gasteiger partial charge in [-0.25, -0.2) is 0 Å². The van der Waals surface area contributed by atoms with Crippen LogP contribution in [-0.2, 0) is 4.74 Å². The second-order valence-electron chi connectivity index (χ2n) is 6.45. The van der Waals surface area contributed by atoms with Crippen LogP contribution in [0.5, 0.6) is 0 Å². The second-order valence-corrected chi connectivity index (χ2v) is 6.45. The predicted octanol–water partition coefficient (Wildman–Crippen LogP) is 3.11. The van der Waals surface area contributed by atoms with Gasteiger partial charge in [0, 0.05) is 12.0 Å². The fourth-order valence-corrected chi connectivity index (χ4v) is 3.65. The van der Waals surface area contributed by atoms with Crippen LogP contribution in [0.2, 0.25) is 0 Å². The topological polar surface area (TPSA) is 73.2 Å². The number of epoxide rings is 1. The molecule has 2 unspecified atom stereocenters. The van der Waals surface area contributed by atoms with Gasteiger partial charge >= 0.3 is 0 Å². The van der Waals surface area contributed by atoms with Gasteiger partial charge in [-0.2, -0.15) is 0 Å². The van der Waals surface area contributed by atoms with E-state index in [1.165, 1.54) is 6.08 Å². The van der Waals surface area contributed by atoms with Crippen molar-refractivity contribution in [3.05, 3.63) is 35.3 Å². The van der Waals surface area contributed by atoms with E-state index in [0.717, 1.165) is 25.7 Å². The summed E-state index contributed by atoms with van der Waals surface area (Å²) in [6, 6.07) is 0. The lowest BCUT2D eigenvalue weighted by molar-refractivity contribution is 0.0792. The smallest absolute Gasteiger partial charge is 0.228 e. The second kappa shape index (κ2) is 4.12. The molecule has 4 nitrogen and oxygen atoms in total. The van der Waals surface area contributed by atoms with Crippen molar-refractivity contribution in [3.63, 3.8) is 0 Å². The lowest BCUT2D eigenvalue weighted by Gasteiger charge is -2.28. The van der Waals surface area contributed by atoms with Crippen molar-refractivity contribution in [2.75, 3.05) is 0 Å². The molecular formula is C16H22O4. The van der Waals surface area contributed by atoms with Gasteiger partial charge in [0.25, 0.3) is 0 Å². The van der Waals surface area contributed by atoms with Gasteiger partial charge in [-0.1, -0.05) is 33.3 Å². The largest absolute Gasteiger partial charge is 0.508 e. The van der Waals surface area contributed by atoms with E-state index in [1.807, 2.05) is 13.8 Å². The Bertz CT molecular complexity index is 525. The van der Waals surface area contributed by atoms with E-state index >= 15 is 0 Å². The number of ether oxygens (including phenoxy) is 1. The molecule has 20 heavy (non-hydrogen) atoms. The Morgan fingerprint density at radius 1 is 1.35 bits per heavy atom. The number of hydrogen-bond acceptors (Lipinski definition) is 4. The first-order valence-electron chi connectivity index (χ1n) is 7.31. The highest BCUT2D eigenvalue weighted by atomic mass is 16.8. The summed E-state index contributed by atoms with van der Waals surface area (Å²) in [6.45, 7) is 7.86. The minimum atomic E-state index is -1.56. The summed E-state index contributed by atoms with van der Waals surface area (Å²) >= 11 is 0. The van der Waals surface area contributed by atoms with Gasteiger partial charge in [-0.05, 0) is 24.3 Å². The van der Waals surface area contributed by atoms with Crippen LogP contribution in [0.25, 0.3) is 0 Å². The number of aliphatic hydroxyl groups excluding tert-OH is 2. The molecule has 2 aliphatic carbocycles. The van der Waals surface area contributed by atoms with E-state index < -0.39 is 11.4 Å². The maximum Gasteiger partial charge on any atom is 0.228 e. The number of fused-ring (bicyclic) bond motifs is 1. The molecule has 0 spiro atoms. The molecule has 1 saturated carbocycles. The maximum absolute atomic E-state index is 10.7. The summed E-state index contributed by atoms with van der Waals surface area (Å²) in [5.41, 5.74) is -0.0663. The van der Waals surface area contributed by atoms with Crippen molar-refractivity contribution in [2.24, 2.45) is 11.8 Å². The Morgan fingerprint density at radius 2 is 1.95 bits per heavy atom. The van der Waals surface area contributed by atoms with Gasteiger partial charge < -0.3 is 20.1 Å². The van der Waals surface area contributed by atoms with E-state index in [2.05, 4.69) is 6.58 Å². The van der Waals surface area contributed by atoms with Crippen LogP contribution in [0.4, 0.5) is 0 Å². The number of aliphatic hydroxyl groups is 3. The first-order chi connectivity index (χ1) is 9.33. The molecule has 0 aromatic heterocycles. The molecule has 0 amide bonds. The van der Waals surface area contributed by atoms with Crippen LogP contribution in [0, 0.1) is 11.8 Å². The number of allylic oxidation sites excluding steroid dienone is 1. The van der Waals surface area contributed by atoms with Crippen molar-refractivity contribution in [3.8, 4) is 0 Å². The van der Waals surface area contributed by atoms with Crippen molar-refractivity contribution in [1.82, 2.24) is 0 Å². The van der Waals surface area contributed by atoms with Crippen molar-refractivity contribution in [2.45, 2.75) is 50.9 Å². The number of rotatable bonds is 3. The Labute approximate surface area is 119 Å². The van der Waals surface area contributed by atoms with Gasteiger partial charge in [-0.3, -0.25) is 0 Å². The van der Waals surface area contributed by atoms with Crippen LogP contribution in [0.3, 0.4) is 0 Å². The predicted molar refractivity (Wildman–Crippen MR) is 75.1 cm³/mol. The molecule has 0 bridgehead atoms. The Balaban J connectivity index is 2.07. The average molecular weight is 278 g/mol. The zero-order valence-corrected chi connectivity index (χ0v) is 12.0. The minimum absolute atomic E-state index is 0.0504. The first-order valence-corrected chi connectivity index (χ1v) is 7.31. The summed E-state index contributed by atoms with van der Waals surface area (Å²) in [7, 11) is 0. The average Bonchev–Trinajstić information content (AvgIpc) is 2.77. The van der Waals surface area contributed by atoms with Crippen LogP contribution >= 0.6 is 0 Å². The highest BCUT2D eigenvalue weighted by Gasteiger charge is 2.77. The maximum atomic E-state index is 10.7.